The topological polar surface area (TPSA) is 66.4 Å². The maximum absolute atomic E-state index is 13.2. The summed E-state index contributed by atoms with van der Waals surface area (Å²) in [6, 6.07) is 4.09. The van der Waals surface area contributed by atoms with Gasteiger partial charge in [-0.3, -0.25) is 9.59 Å². The highest BCUT2D eigenvalue weighted by Crippen LogP contribution is 2.46. The summed E-state index contributed by atoms with van der Waals surface area (Å²) >= 11 is 2.99. The number of carboxylic acid groups (broad SMARTS) is 1. The molecule has 6 heteroatoms. The molecule has 0 bridgehead atoms. The molecule has 0 radical (unpaired) electrons. The molecule has 0 aromatic heterocycles. The van der Waals surface area contributed by atoms with Crippen molar-refractivity contribution in [1.82, 2.24) is 0 Å². The number of aliphatic carboxylic acids is 1. The monoisotopic (exact) mass is 301 g/mol. The largest absolute Gasteiger partial charge is 0.480 e. The van der Waals surface area contributed by atoms with Gasteiger partial charge in [0.25, 0.3) is 0 Å². The Bertz CT molecular complexity index is 499. The fourth-order valence-electron chi connectivity index (χ4n) is 1.49. The van der Waals surface area contributed by atoms with Crippen molar-refractivity contribution in [2.45, 2.75) is 12.8 Å². The molecule has 4 nitrogen and oxygen atoms in total. The fourth-order valence-corrected chi connectivity index (χ4v) is 1.73. The number of amides is 1. The molecule has 0 unspecified atom stereocenters. The molecule has 0 aliphatic heterocycles. The second-order valence-corrected chi connectivity index (χ2v) is 4.82. The third-order valence-corrected chi connectivity index (χ3v) is 3.41. The molecule has 1 aromatic rings. The van der Waals surface area contributed by atoms with Crippen LogP contribution in [-0.2, 0) is 9.59 Å². The van der Waals surface area contributed by atoms with E-state index in [9.17, 15) is 14.0 Å². The minimum absolute atomic E-state index is 0.253. The summed E-state index contributed by atoms with van der Waals surface area (Å²) in [5.41, 5.74) is -1.06. The van der Waals surface area contributed by atoms with Gasteiger partial charge in [-0.25, -0.2) is 4.39 Å². The van der Waals surface area contributed by atoms with Crippen molar-refractivity contribution < 1.29 is 19.1 Å². The zero-order chi connectivity index (χ0) is 12.6. The fraction of sp³-hybridized carbons (Fsp3) is 0.273. The first kappa shape index (κ1) is 12.0. The predicted molar refractivity (Wildman–Crippen MR) is 62.0 cm³/mol. The minimum Gasteiger partial charge on any atom is -0.480 e. The molecule has 0 atom stereocenters. The Labute approximate surface area is 105 Å². The molecule has 90 valence electrons. The smallest absolute Gasteiger partial charge is 0.319 e. The van der Waals surface area contributed by atoms with E-state index in [2.05, 4.69) is 21.2 Å². The third kappa shape index (κ3) is 2.17. The van der Waals surface area contributed by atoms with Crippen LogP contribution in [0.4, 0.5) is 10.1 Å². The SMILES string of the molecule is O=C(O)C1(C(=O)Nc2ccc(Br)c(F)c2)CC1. The van der Waals surface area contributed by atoms with Crippen LogP contribution in [0, 0.1) is 11.2 Å². The van der Waals surface area contributed by atoms with Gasteiger partial charge >= 0.3 is 5.97 Å². The highest BCUT2D eigenvalue weighted by atomic mass is 79.9. The normalized spacial score (nSPS) is 16.4. The van der Waals surface area contributed by atoms with Crippen LogP contribution in [0.25, 0.3) is 0 Å². The summed E-state index contributed by atoms with van der Waals surface area (Å²) < 4.78 is 13.5. The number of halogens is 2. The molecule has 1 aromatic carbocycles. The van der Waals surface area contributed by atoms with Gasteiger partial charge in [-0.15, -0.1) is 0 Å². The van der Waals surface area contributed by atoms with E-state index in [4.69, 9.17) is 5.11 Å². The molecule has 1 saturated carbocycles. The molecule has 0 spiro atoms. The van der Waals surface area contributed by atoms with Gasteiger partial charge in [-0.1, -0.05) is 0 Å². The molecule has 1 aliphatic carbocycles. The van der Waals surface area contributed by atoms with Gasteiger partial charge in [-0.2, -0.15) is 0 Å². The number of nitrogens with one attached hydrogen (secondary N) is 1. The van der Waals surface area contributed by atoms with E-state index in [-0.39, 0.29) is 10.2 Å². The molecule has 0 heterocycles. The van der Waals surface area contributed by atoms with Gasteiger partial charge < -0.3 is 10.4 Å². The van der Waals surface area contributed by atoms with Gasteiger partial charge in [0.2, 0.25) is 5.91 Å². The van der Waals surface area contributed by atoms with E-state index in [1.807, 2.05) is 0 Å². The molecule has 0 saturated heterocycles. The van der Waals surface area contributed by atoms with E-state index >= 15 is 0 Å². The molecule has 1 amide bonds. The number of carbonyl (C=O) groups is 2. The number of hydrogen-bond acceptors (Lipinski definition) is 2. The first-order valence-corrected chi connectivity index (χ1v) is 5.75. The van der Waals surface area contributed by atoms with Gasteiger partial charge in [0, 0.05) is 5.69 Å². The second-order valence-electron chi connectivity index (χ2n) is 3.97. The van der Waals surface area contributed by atoms with Crippen LogP contribution in [-0.4, -0.2) is 17.0 Å². The maximum atomic E-state index is 13.2. The maximum Gasteiger partial charge on any atom is 0.319 e. The third-order valence-electron chi connectivity index (χ3n) is 2.77. The molecule has 2 N–H and O–H groups in total. The minimum atomic E-state index is -1.32. The average molecular weight is 302 g/mol. The second kappa shape index (κ2) is 4.10. The highest BCUT2D eigenvalue weighted by Gasteiger charge is 2.57. The molecule has 17 heavy (non-hydrogen) atoms. The Hall–Kier alpha value is -1.43. The number of carboxylic acids is 1. The lowest BCUT2D eigenvalue weighted by atomic mass is 10.1. The predicted octanol–water partition coefficient (Wildman–Crippen LogP) is 2.39. The number of hydrogen-bond donors (Lipinski definition) is 2. The van der Waals surface area contributed by atoms with Crippen LogP contribution in [0.3, 0.4) is 0 Å². The van der Waals surface area contributed by atoms with Crippen LogP contribution >= 0.6 is 15.9 Å². The van der Waals surface area contributed by atoms with Gasteiger partial charge in [0.1, 0.15) is 11.2 Å². The van der Waals surface area contributed by atoms with E-state index < -0.39 is 23.1 Å². The summed E-state index contributed by atoms with van der Waals surface area (Å²) in [6.45, 7) is 0. The molecule has 2 rings (SSSR count). The zero-order valence-corrected chi connectivity index (χ0v) is 10.3. The molecule has 1 fully saturated rings. The van der Waals surface area contributed by atoms with Crippen molar-refractivity contribution >= 4 is 33.5 Å². The van der Waals surface area contributed by atoms with Gasteiger partial charge in [0.05, 0.1) is 4.47 Å². The van der Waals surface area contributed by atoms with Crippen molar-refractivity contribution in [3.63, 3.8) is 0 Å². The summed E-state index contributed by atoms with van der Waals surface area (Å²) in [5, 5.41) is 11.3. The number of carbonyl (C=O) groups excluding carboxylic acids is 1. The van der Waals surface area contributed by atoms with E-state index in [1.165, 1.54) is 12.1 Å². The van der Waals surface area contributed by atoms with Crippen LogP contribution in [0.15, 0.2) is 22.7 Å². The van der Waals surface area contributed by atoms with E-state index in [0.29, 0.717) is 12.8 Å². The lowest BCUT2D eigenvalue weighted by Gasteiger charge is -2.10. The molecule has 1 aliphatic rings. The Kier molecular flexibility index (Phi) is 2.91. The first-order chi connectivity index (χ1) is 7.95. The first-order valence-electron chi connectivity index (χ1n) is 4.95. The summed E-state index contributed by atoms with van der Waals surface area (Å²) in [4.78, 5) is 22.6. The van der Waals surface area contributed by atoms with Crippen LogP contribution < -0.4 is 5.32 Å². The summed E-state index contributed by atoms with van der Waals surface area (Å²) in [7, 11) is 0. The number of anilines is 1. The van der Waals surface area contributed by atoms with Crippen molar-refractivity contribution in [2.75, 3.05) is 5.32 Å². The van der Waals surface area contributed by atoms with Crippen molar-refractivity contribution in [3.05, 3.63) is 28.5 Å². The summed E-state index contributed by atoms with van der Waals surface area (Å²) in [6.07, 6.45) is 0.653. The van der Waals surface area contributed by atoms with E-state index in [0.717, 1.165) is 6.07 Å². The lowest BCUT2D eigenvalue weighted by Crippen LogP contribution is -2.31. The van der Waals surface area contributed by atoms with Crippen LogP contribution in [0.5, 0.6) is 0 Å². The quantitative estimate of drug-likeness (QED) is 0.843. The van der Waals surface area contributed by atoms with E-state index in [1.54, 1.807) is 0 Å². The zero-order valence-electron chi connectivity index (χ0n) is 8.67. The number of rotatable bonds is 3. The standard InChI is InChI=1S/C11H9BrFNO3/c12-7-2-1-6(5-8(7)13)14-9(15)11(3-4-11)10(16)17/h1-2,5H,3-4H2,(H,14,15)(H,16,17). The Balaban J connectivity index is 2.14. The van der Waals surface area contributed by atoms with Crippen molar-refractivity contribution in [2.24, 2.45) is 5.41 Å². The summed E-state index contributed by atoms with van der Waals surface area (Å²) in [5.74, 6) is -2.23. The highest BCUT2D eigenvalue weighted by molar-refractivity contribution is 9.10. The average Bonchev–Trinajstić information content (AvgIpc) is 3.04. The van der Waals surface area contributed by atoms with Crippen molar-refractivity contribution in [3.8, 4) is 0 Å². The number of benzene rings is 1. The lowest BCUT2D eigenvalue weighted by molar-refractivity contribution is -0.147. The Morgan fingerprint density at radius 2 is 2.06 bits per heavy atom. The van der Waals surface area contributed by atoms with Gasteiger partial charge in [0.15, 0.2) is 0 Å². The van der Waals surface area contributed by atoms with Crippen LogP contribution in [0.2, 0.25) is 0 Å². The Morgan fingerprint density at radius 1 is 1.41 bits per heavy atom. The van der Waals surface area contributed by atoms with Crippen LogP contribution in [0.1, 0.15) is 12.8 Å². The molecular formula is C11H9BrFNO3. The van der Waals surface area contributed by atoms with Gasteiger partial charge in [-0.05, 0) is 47.0 Å². The molecular weight excluding hydrogens is 293 g/mol. The Morgan fingerprint density at radius 3 is 2.53 bits per heavy atom. The van der Waals surface area contributed by atoms with Crippen molar-refractivity contribution in [1.29, 1.82) is 0 Å².